The Morgan fingerprint density at radius 2 is 0.957 bits per heavy atom. The zero-order valence-electron chi connectivity index (χ0n) is 40.8. The maximum absolute atomic E-state index is 6.86. The van der Waals surface area contributed by atoms with Crippen molar-refractivity contribution in [2.45, 2.75) is 57.8 Å². The molecule has 3 heterocycles. The van der Waals surface area contributed by atoms with E-state index in [4.69, 9.17) is 9.72 Å². The molecule has 0 fully saturated rings. The zero-order chi connectivity index (χ0) is 48.0. The van der Waals surface area contributed by atoms with Crippen molar-refractivity contribution >= 4 is 38.9 Å². The number of nitrogens with zero attached hydrogens (tertiary/aromatic N) is 4. The van der Waals surface area contributed by atoms with Crippen LogP contribution in [0, 0.1) is 0 Å². The molecule has 0 bridgehead atoms. The fourth-order valence-electron chi connectivity index (χ4n) is 10.3. The van der Waals surface area contributed by atoms with Crippen molar-refractivity contribution in [2.24, 2.45) is 0 Å². The van der Waals surface area contributed by atoms with Gasteiger partial charge in [0.15, 0.2) is 0 Å². The van der Waals surface area contributed by atoms with E-state index in [-0.39, 0.29) is 16.2 Å². The van der Waals surface area contributed by atoms with Crippen LogP contribution >= 0.6 is 0 Å². The average molecular weight is 911 g/mol. The Morgan fingerprint density at radius 1 is 0.414 bits per heavy atom. The average Bonchev–Trinajstić information content (AvgIpc) is 4.00. The molecular formula is C65H58N4O. The summed E-state index contributed by atoms with van der Waals surface area (Å²) in [7, 11) is 0. The first kappa shape index (κ1) is 44.4. The Labute approximate surface area is 412 Å². The minimum atomic E-state index is -0.243. The van der Waals surface area contributed by atoms with Crippen LogP contribution in [0.5, 0.6) is 11.5 Å². The molecule has 0 atom stereocenters. The highest BCUT2D eigenvalue weighted by atomic mass is 16.5. The molecule has 0 unspecified atom stereocenters. The van der Waals surface area contributed by atoms with E-state index >= 15 is 0 Å². The monoisotopic (exact) mass is 910 g/mol. The number of ether oxygens (including phenoxy) is 1. The second-order valence-electron chi connectivity index (χ2n) is 20.2. The molecule has 0 saturated heterocycles. The molecule has 0 amide bonds. The Morgan fingerprint density at radius 3 is 1.59 bits per heavy atom. The van der Waals surface area contributed by atoms with Gasteiger partial charge in [0.05, 0.1) is 23.4 Å². The van der Waals surface area contributed by atoms with Gasteiger partial charge in [-0.15, -0.1) is 0 Å². The van der Waals surface area contributed by atoms with E-state index < -0.39 is 0 Å². The Hall–Kier alpha value is -8.15. The molecule has 11 rings (SSSR count). The highest BCUT2D eigenvalue weighted by Crippen LogP contribution is 2.43. The molecule has 5 heteroatoms. The molecule has 8 aromatic carbocycles. The summed E-state index contributed by atoms with van der Waals surface area (Å²) in [5, 5.41) is 2.32. The second kappa shape index (κ2) is 17.7. The summed E-state index contributed by atoms with van der Waals surface area (Å²) in [6.45, 7) is 14.5. The van der Waals surface area contributed by atoms with E-state index in [1.807, 2.05) is 12.3 Å². The van der Waals surface area contributed by atoms with Gasteiger partial charge in [0, 0.05) is 62.9 Å². The van der Waals surface area contributed by atoms with Crippen molar-refractivity contribution in [3.05, 3.63) is 270 Å². The van der Waals surface area contributed by atoms with Gasteiger partial charge in [-0.2, -0.15) is 0 Å². The number of para-hydroxylation sites is 1. The summed E-state index contributed by atoms with van der Waals surface area (Å²) >= 11 is 0. The standard InChI is InChI=1S/C65H58N4O/c1-63(2,47-24-13-8-14-25-47)50-36-37-66-62(41-50)69-59-33-20-19-32-57(59)58-35-34-56(43-60(58)69)70-55-31-21-30-53(42-55)68-45-67(44-61(68)46-22-11-7-12-23-46)54-39-51(64(3,4)48-26-15-9-16-27-48)38-52(40-54)65(5,6)49-28-17-10-18-29-49/h7-44H,45H2,1-6H3. The molecule has 0 aliphatic carbocycles. The normalized spacial score (nSPS) is 13.3. The van der Waals surface area contributed by atoms with Gasteiger partial charge in [-0.25, -0.2) is 4.98 Å². The minimum Gasteiger partial charge on any atom is -0.457 e. The van der Waals surface area contributed by atoms with Gasteiger partial charge < -0.3 is 14.5 Å². The largest absolute Gasteiger partial charge is 0.457 e. The summed E-state index contributed by atoms with van der Waals surface area (Å²) in [6, 6.07) is 78.2. The number of anilines is 2. The van der Waals surface area contributed by atoms with E-state index in [1.54, 1.807) is 0 Å². The fraction of sp³-hybridized carbons (Fsp3) is 0.154. The molecule has 1 aliphatic heterocycles. The van der Waals surface area contributed by atoms with Crippen LogP contribution in [0.1, 0.15) is 80.5 Å². The van der Waals surface area contributed by atoms with Crippen molar-refractivity contribution in [3.8, 4) is 17.3 Å². The lowest BCUT2D eigenvalue weighted by Gasteiger charge is -2.33. The molecule has 1 aliphatic rings. The van der Waals surface area contributed by atoms with Gasteiger partial charge in [-0.1, -0.05) is 193 Å². The van der Waals surface area contributed by atoms with Crippen LogP contribution in [0.2, 0.25) is 0 Å². The number of benzene rings is 8. The van der Waals surface area contributed by atoms with Gasteiger partial charge in [0.25, 0.3) is 0 Å². The molecule has 70 heavy (non-hydrogen) atoms. The van der Waals surface area contributed by atoms with Crippen LogP contribution in [0.4, 0.5) is 11.4 Å². The SMILES string of the molecule is CC(C)(c1ccccc1)c1cc(N2C=C(c3ccccc3)N(c3cccc(Oc4ccc5c6ccccc6n(-c6cc(C(C)(C)c7ccccc7)ccn6)c5c4)c3)C2)cc(C(C)(C)c2ccccc2)c1. The van der Waals surface area contributed by atoms with Crippen molar-refractivity contribution in [1.29, 1.82) is 0 Å². The number of pyridine rings is 1. The molecule has 0 radical (unpaired) electrons. The molecule has 10 aromatic rings. The van der Waals surface area contributed by atoms with Crippen LogP contribution in [-0.4, -0.2) is 16.2 Å². The van der Waals surface area contributed by atoms with Gasteiger partial charge >= 0.3 is 0 Å². The lowest BCUT2D eigenvalue weighted by atomic mass is 9.73. The summed E-state index contributed by atoms with van der Waals surface area (Å²) in [4.78, 5) is 9.79. The van der Waals surface area contributed by atoms with Crippen molar-refractivity contribution in [2.75, 3.05) is 16.5 Å². The van der Waals surface area contributed by atoms with Crippen LogP contribution in [0.25, 0.3) is 33.3 Å². The Bertz CT molecular complexity index is 3450. The maximum atomic E-state index is 6.86. The van der Waals surface area contributed by atoms with Gasteiger partial charge in [-0.3, -0.25) is 4.57 Å². The molecule has 0 N–H and O–H groups in total. The smallest absolute Gasteiger partial charge is 0.137 e. The van der Waals surface area contributed by atoms with E-state index in [0.717, 1.165) is 56.4 Å². The lowest BCUT2D eigenvalue weighted by Crippen LogP contribution is -2.28. The number of hydrogen-bond acceptors (Lipinski definition) is 4. The summed E-state index contributed by atoms with van der Waals surface area (Å²) in [6.07, 6.45) is 4.25. The van der Waals surface area contributed by atoms with Crippen molar-refractivity contribution in [1.82, 2.24) is 9.55 Å². The fourth-order valence-corrected chi connectivity index (χ4v) is 10.3. The first-order chi connectivity index (χ1) is 33.9. The van der Waals surface area contributed by atoms with Crippen LogP contribution in [0.3, 0.4) is 0 Å². The molecule has 0 spiro atoms. The number of fused-ring (bicyclic) bond motifs is 3. The predicted octanol–water partition coefficient (Wildman–Crippen LogP) is 16.2. The number of aromatic nitrogens is 2. The first-order valence-corrected chi connectivity index (χ1v) is 24.4. The summed E-state index contributed by atoms with van der Waals surface area (Å²) in [5.41, 5.74) is 13.4. The maximum Gasteiger partial charge on any atom is 0.137 e. The number of hydrogen-bond donors (Lipinski definition) is 0. The summed E-state index contributed by atoms with van der Waals surface area (Å²) in [5.74, 6) is 2.38. The van der Waals surface area contributed by atoms with Gasteiger partial charge in [0.1, 0.15) is 17.3 Å². The quantitative estimate of drug-likeness (QED) is 0.122. The molecule has 5 nitrogen and oxygen atoms in total. The Balaban J connectivity index is 0.959. The third-order valence-electron chi connectivity index (χ3n) is 14.8. The van der Waals surface area contributed by atoms with E-state index in [2.05, 4.69) is 274 Å². The lowest BCUT2D eigenvalue weighted by molar-refractivity contribution is 0.483. The third-order valence-corrected chi connectivity index (χ3v) is 14.8. The van der Waals surface area contributed by atoms with Crippen molar-refractivity contribution < 1.29 is 4.74 Å². The Kier molecular flexibility index (Phi) is 11.2. The molecular weight excluding hydrogens is 853 g/mol. The van der Waals surface area contributed by atoms with Gasteiger partial charge in [-0.05, 0) is 93.5 Å². The molecule has 344 valence electrons. The molecule has 0 saturated carbocycles. The van der Waals surface area contributed by atoms with E-state index in [0.29, 0.717) is 6.67 Å². The topological polar surface area (TPSA) is 33.5 Å². The minimum absolute atomic E-state index is 0.218. The molecule has 2 aromatic heterocycles. The van der Waals surface area contributed by atoms with Gasteiger partial charge in [0.2, 0.25) is 0 Å². The summed E-state index contributed by atoms with van der Waals surface area (Å²) < 4.78 is 9.13. The predicted molar refractivity (Wildman–Crippen MR) is 291 cm³/mol. The van der Waals surface area contributed by atoms with Crippen LogP contribution in [0.15, 0.2) is 231 Å². The van der Waals surface area contributed by atoms with E-state index in [1.165, 1.54) is 38.8 Å². The van der Waals surface area contributed by atoms with Crippen LogP contribution < -0.4 is 14.5 Å². The highest BCUT2D eigenvalue weighted by Gasteiger charge is 2.32. The zero-order valence-corrected chi connectivity index (χ0v) is 40.8. The van der Waals surface area contributed by atoms with Crippen molar-refractivity contribution in [3.63, 3.8) is 0 Å². The highest BCUT2D eigenvalue weighted by molar-refractivity contribution is 6.09. The number of rotatable bonds is 12. The van der Waals surface area contributed by atoms with Crippen LogP contribution in [-0.2, 0) is 16.2 Å². The second-order valence-corrected chi connectivity index (χ2v) is 20.2. The third kappa shape index (κ3) is 8.11. The van der Waals surface area contributed by atoms with E-state index in [9.17, 15) is 0 Å². The first-order valence-electron chi connectivity index (χ1n) is 24.4.